The Morgan fingerprint density at radius 3 is 2.82 bits per heavy atom. The molecule has 2 N–H and O–H groups in total. The van der Waals surface area contributed by atoms with Gasteiger partial charge in [0.25, 0.3) is 0 Å². The predicted molar refractivity (Wildman–Crippen MR) is 126 cm³/mol. The molecule has 2 fully saturated rings. The molecular weight excluding hydrogens is 412 g/mol. The van der Waals surface area contributed by atoms with E-state index in [0.29, 0.717) is 12.2 Å². The highest BCUT2D eigenvalue weighted by Crippen LogP contribution is 2.69. The Bertz CT molecular complexity index is 1340. The van der Waals surface area contributed by atoms with Crippen molar-refractivity contribution in [3.63, 3.8) is 0 Å². The zero-order valence-corrected chi connectivity index (χ0v) is 19.1. The monoisotopic (exact) mass is 442 g/mol. The van der Waals surface area contributed by atoms with Crippen molar-refractivity contribution in [1.82, 2.24) is 9.47 Å². The van der Waals surface area contributed by atoms with E-state index in [9.17, 15) is 10.2 Å². The Balaban J connectivity index is 1.44. The number of hydrogen-bond donors (Lipinski definition) is 2. The first-order valence-corrected chi connectivity index (χ1v) is 12.6. The summed E-state index contributed by atoms with van der Waals surface area (Å²) in [5.74, 6) is 1.61. The lowest BCUT2D eigenvalue weighted by molar-refractivity contribution is -0.173. The molecule has 2 aliphatic heterocycles. The summed E-state index contributed by atoms with van der Waals surface area (Å²) < 4.78 is 9.15. The van der Waals surface area contributed by atoms with Gasteiger partial charge in [-0.3, -0.25) is 4.90 Å². The number of para-hydroxylation sites is 1. The fraction of sp³-hybridized carbons (Fsp3) is 0.500. The lowest BCUT2D eigenvalue weighted by Gasteiger charge is -2.63. The molecule has 5 heteroatoms. The molecule has 5 nitrogen and oxygen atoms in total. The molecule has 2 unspecified atom stereocenters. The van der Waals surface area contributed by atoms with Gasteiger partial charge >= 0.3 is 0 Å². The Labute approximate surface area is 193 Å². The zero-order chi connectivity index (χ0) is 22.1. The van der Waals surface area contributed by atoms with Gasteiger partial charge in [-0.05, 0) is 68.3 Å². The lowest BCUT2D eigenvalue weighted by atomic mass is 9.49. The Kier molecular flexibility index (Phi) is 3.40. The first kappa shape index (κ1) is 18.9. The van der Waals surface area contributed by atoms with Gasteiger partial charge in [-0.15, -0.1) is 0 Å². The van der Waals surface area contributed by atoms with Crippen LogP contribution < -0.4 is 4.74 Å². The minimum absolute atomic E-state index is 0.0813. The smallest absolute Gasteiger partial charge is 0.166 e. The van der Waals surface area contributed by atoms with Crippen LogP contribution in [0.3, 0.4) is 0 Å². The maximum Gasteiger partial charge on any atom is 0.166 e. The molecule has 5 aliphatic rings. The fourth-order valence-corrected chi connectivity index (χ4v) is 8.14. The second-order valence-corrected chi connectivity index (χ2v) is 11.1. The van der Waals surface area contributed by atoms with Gasteiger partial charge < -0.3 is 19.5 Å². The summed E-state index contributed by atoms with van der Waals surface area (Å²) in [7, 11) is 0. The van der Waals surface area contributed by atoms with E-state index in [1.807, 2.05) is 0 Å². The number of fused-ring (bicyclic) bond motifs is 4. The van der Waals surface area contributed by atoms with Gasteiger partial charge in [0.2, 0.25) is 0 Å². The molecule has 1 saturated heterocycles. The molecule has 0 radical (unpaired) electrons. The average Bonchev–Trinajstić information content (AvgIpc) is 3.48. The average molecular weight is 443 g/mol. The van der Waals surface area contributed by atoms with Crippen LogP contribution in [-0.2, 0) is 24.8 Å². The van der Waals surface area contributed by atoms with E-state index in [1.54, 1.807) is 6.07 Å². The fourth-order valence-electron chi connectivity index (χ4n) is 8.14. The molecule has 2 bridgehead atoms. The maximum absolute atomic E-state index is 12.9. The third-order valence-electron chi connectivity index (χ3n) is 9.64. The minimum atomic E-state index is -0.910. The normalized spacial score (nSPS) is 33.6. The number of hydrogen-bond acceptors (Lipinski definition) is 4. The number of nitrogens with zero attached hydrogens (tertiary/aromatic N) is 2. The number of piperidine rings is 1. The summed E-state index contributed by atoms with van der Waals surface area (Å²) in [6.07, 6.45) is 4.71. The van der Waals surface area contributed by atoms with Crippen molar-refractivity contribution >= 4 is 10.9 Å². The molecule has 33 heavy (non-hydrogen) atoms. The zero-order valence-electron chi connectivity index (χ0n) is 19.1. The number of benzene rings is 2. The van der Waals surface area contributed by atoms with Crippen molar-refractivity contribution in [2.45, 2.75) is 68.7 Å². The quantitative estimate of drug-likeness (QED) is 0.642. The number of likely N-dealkylation sites (tertiary alicyclic amines) is 1. The topological polar surface area (TPSA) is 57.9 Å². The van der Waals surface area contributed by atoms with Gasteiger partial charge in [0, 0.05) is 42.0 Å². The third kappa shape index (κ3) is 2.04. The van der Waals surface area contributed by atoms with E-state index in [1.165, 1.54) is 40.6 Å². The Morgan fingerprint density at radius 2 is 2.00 bits per heavy atom. The number of aliphatic hydroxyl groups is 1. The number of ether oxygens (including phenoxy) is 1. The summed E-state index contributed by atoms with van der Waals surface area (Å²) in [5.41, 5.74) is 4.60. The van der Waals surface area contributed by atoms with Crippen molar-refractivity contribution < 1.29 is 14.9 Å². The number of rotatable bonds is 3. The molecule has 3 aliphatic carbocycles. The van der Waals surface area contributed by atoms with E-state index in [2.05, 4.69) is 46.7 Å². The van der Waals surface area contributed by atoms with E-state index in [-0.39, 0.29) is 17.9 Å². The molecule has 1 spiro atoms. The molecule has 2 aromatic carbocycles. The summed E-state index contributed by atoms with van der Waals surface area (Å²) in [6.45, 7) is 5.13. The van der Waals surface area contributed by atoms with Gasteiger partial charge in [0.15, 0.2) is 17.6 Å². The molecule has 3 aromatic rings. The first-order chi connectivity index (χ1) is 16.1. The van der Waals surface area contributed by atoms with E-state index >= 15 is 0 Å². The summed E-state index contributed by atoms with van der Waals surface area (Å²) >= 11 is 0. The van der Waals surface area contributed by atoms with E-state index in [0.717, 1.165) is 44.0 Å². The lowest BCUT2D eigenvalue weighted by Crippen LogP contribution is -2.74. The SMILES string of the molecule is CCn1c2c(c3ccccc31)C[C@@]1(O)C3Cc4ccc(O)c5c4C1(CCN3CC1CC1)[C@H]2O5. The van der Waals surface area contributed by atoms with Gasteiger partial charge in [-0.2, -0.15) is 0 Å². The van der Waals surface area contributed by atoms with Crippen LogP contribution in [0, 0.1) is 5.92 Å². The highest BCUT2D eigenvalue weighted by atomic mass is 16.5. The van der Waals surface area contributed by atoms with Gasteiger partial charge in [-0.25, -0.2) is 0 Å². The predicted octanol–water partition coefficient (Wildman–Crippen LogP) is 4.07. The number of phenols is 1. The number of aryl methyl sites for hydroxylation is 1. The Hall–Kier alpha value is -2.50. The third-order valence-corrected chi connectivity index (χ3v) is 9.64. The maximum atomic E-state index is 12.9. The van der Waals surface area contributed by atoms with Crippen molar-refractivity contribution in [2.24, 2.45) is 5.92 Å². The Morgan fingerprint density at radius 1 is 1.15 bits per heavy atom. The summed E-state index contributed by atoms with van der Waals surface area (Å²) in [6, 6.07) is 12.6. The largest absolute Gasteiger partial charge is 0.504 e. The molecule has 0 amide bonds. The number of phenolic OH excluding ortho intramolecular Hbond substituents is 1. The van der Waals surface area contributed by atoms with Crippen molar-refractivity contribution in [1.29, 1.82) is 0 Å². The van der Waals surface area contributed by atoms with Crippen LogP contribution in [0.25, 0.3) is 10.9 Å². The molecular formula is C28H30N2O3. The van der Waals surface area contributed by atoms with Crippen molar-refractivity contribution in [3.8, 4) is 11.5 Å². The van der Waals surface area contributed by atoms with Gasteiger partial charge in [-0.1, -0.05) is 24.3 Å². The van der Waals surface area contributed by atoms with Gasteiger partial charge in [0.05, 0.1) is 16.7 Å². The standard InChI is InChI=1S/C28H30N2O3/c1-2-30-20-6-4-3-5-18(20)19-14-28(32)22-13-17-9-10-21(31)25-23(17)27(28,26(33-25)24(19)30)11-12-29(22)15-16-7-8-16/h3-6,9-10,16,22,26,31-32H,2,7-8,11-15H2,1H3/t22?,26-,27?,28+/m0/s1. The molecule has 3 heterocycles. The first-order valence-electron chi connectivity index (χ1n) is 12.6. The van der Waals surface area contributed by atoms with E-state index in [4.69, 9.17) is 4.74 Å². The van der Waals surface area contributed by atoms with Crippen LogP contribution in [-0.4, -0.2) is 44.4 Å². The number of aromatic nitrogens is 1. The second-order valence-electron chi connectivity index (χ2n) is 11.1. The molecule has 1 aromatic heterocycles. The van der Waals surface area contributed by atoms with Crippen LogP contribution in [0.2, 0.25) is 0 Å². The van der Waals surface area contributed by atoms with Crippen LogP contribution >= 0.6 is 0 Å². The summed E-state index contributed by atoms with van der Waals surface area (Å²) in [5, 5.41) is 25.0. The highest BCUT2D eigenvalue weighted by molar-refractivity contribution is 5.87. The van der Waals surface area contributed by atoms with Gasteiger partial charge in [0.1, 0.15) is 0 Å². The molecule has 8 rings (SSSR count). The second kappa shape index (κ2) is 5.94. The van der Waals surface area contributed by atoms with Crippen LogP contribution in [0.15, 0.2) is 36.4 Å². The van der Waals surface area contributed by atoms with Crippen molar-refractivity contribution in [3.05, 3.63) is 58.8 Å². The van der Waals surface area contributed by atoms with Crippen LogP contribution in [0.5, 0.6) is 11.5 Å². The van der Waals surface area contributed by atoms with Crippen molar-refractivity contribution in [2.75, 3.05) is 13.1 Å². The molecule has 1 saturated carbocycles. The number of aromatic hydroxyl groups is 1. The van der Waals surface area contributed by atoms with Crippen LogP contribution in [0.1, 0.15) is 54.7 Å². The minimum Gasteiger partial charge on any atom is -0.504 e. The molecule has 170 valence electrons. The highest BCUT2D eigenvalue weighted by Gasteiger charge is 2.73. The molecule has 4 atom stereocenters. The van der Waals surface area contributed by atoms with Crippen LogP contribution in [0.4, 0.5) is 0 Å². The summed E-state index contributed by atoms with van der Waals surface area (Å²) in [4.78, 5) is 2.60. The van der Waals surface area contributed by atoms with E-state index < -0.39 is 11.0 Å².